The second kappa shape index (κ2) is 8.32. The minimum Gasteiger partial charge on any atom is -0.496 e. The number of methoxy groups -OCH3 is 1. The lowest BCUT2D eigenvalue weighted by Crippen LogP contribution is -2.32. The Hall–Kier alpha value is -3.90. The number of nitrogens with one attached hydrogen (secondary N) is 1. The summed E-state index contributed by atoms with van der Waals surface area (Å²) in [7, 11) is 1.58. The number of anilines is 1. The molecule has 0 fully saturated rings. The van der Waals surface area contributed by atoms with E-state index in [1.54, 1.807) is 7.11 Å². The first kappa shape index (κ1) is 20.0. The quantitative estimate of drug-likeness (QED) is 0.413. The maximum absolute atomic E-state index is 13.5. The van der Waals surface area contributed by atoms with Crippen LogP contribution in [0.3, 0.4) is 0 Å². The summed E-state index contributed by atoms with van der Waals surface area (Å²) in [4.78, 5) is 29.0. The second-order valence-corrected chi connectivity index (χ2v) is 8.34. The summed E-state index contributed by atoms with van der Waals surface area (Å²) in [6, 6.07) is 25.0. The highest BCUT2D eigenvalue weighted by Gasteiger charge is 2.40. The van der Waals surface area contributed by atoms with E-state index in [1.165, 1.54) is 16.2 Å². The molecule has 2 amide bonds. The third-order valence-electron chi connectivity index (χ3n) is 5.51. The Bertz CT molecular complexity index is 1350. The first-order chi connectivity index (χ1) is 15.7. The fourth-order valence-electron chi connectivity index (χ4n) is 3.96. The van der Waals surface area contributed by atoms with Crippen molar-refractivity contribution in [3.63, 3.8) is 0 Å². The molecular formula is C26H20N2O3S. The van der Waals surface area contributed by atoms with E-state index in [4.69, 9.17) is 4.74 Å². The molecule has 0 saturated carbocycles. The summed E-state index contributed by atoms with van der Waals surface area (Å²) in [5.41, 5.74) is 2.25. The molecule has 5 nitrogen and oxygen atoms in total. The second-order valence-electron chi connectivity index (χ2n) is 7.39. The number of carbonyl (C=O) groups excluding carboxylic acids is 2. The van der Waals surface area contributed by atoms with Crippen LogP contribution in [0.4, 0.5) is 5.69 Å². The monoisotopic (exact) mass is 440 g/mol. The molecule has 0 unspecified atom stereocenters. The molecule has 6 heteroatoms. The molecule has 3 aromatic carbocycles. The zero-order valence-corrected chi connectivity index (χ0v) is 18.2. The highest BCUT2D eigenvalue weighted by Crippen LogP contribution is 2.35. The van der Waals surface area contributed by atoms with Crippen LogP contribution in [-0.4, -0.2) is 23.8 Å². The molecule has 158 valence electrons. The van der Waals surface area contributed by atoms with Gasteiger partial charge in [-0.05, 0) is 29.0 Å². The zero-order chi connectivity index (χ0) is 22.1. The smallest absolute Gasteiger partial charge is 0.278 e. The van der Waals surface area contributed by atoms with Crippen LogP contribution in [0, 0.1) is 0 Å². The molecule has 32 heavy (non-hydrogen) atoms. The molecule has 0 bridgehead atoms. The summed E-state index contributed by atoms with van der Waals surface area (Å²) in [6.07, 6.45) is 0. The van der Waals surface area contributed by atoms with E-state index in [0.717, 1.165) is 26.9 Å². The molecule has 0 aliphatic carbocycles. The number of ether oxygens (including phenoxy) is 1. The predicted octanol–water partition coefficient (Wildman–Crippen LogP) is 5.30. The van der Waals surface area contributed by atoms with Crippen molar-refractivity contribution in [1.82, 2.24) is 4.90 Å². The summed E-state index contributed by atoms with van der Waals surface area (Å²) in [5.74, 6) is -0.0235. The van der Waals surface area contributed by atoms with Gasteiger partial charge in [-0.25, -0.2) is 0 Å². The standard InChI is InChI=1S/C26H20N2O3S/c1-31-21-13-5-3-9-18(21)16-28-25(29)23(22-14-7-15-32-22)24(26(28)30)27-20-12-6-10-17-8-2-4-11-19(17)20/h2-15,27H,16H2,1H3. The van der Waals surface area contributed by atoms with E-state index in [-0.39, 0.29) is 18.4 Å². The molecule has 1 aromatic heterocycles. The lowest BCUT2D eigenvalue weighted by atomic mass is 10.1. The predicted molar refractivity (Wildman–Crippen MR) is 127 cm³/mol. The number of amides is 2. The summed E-state index contributed by atoms with van der Waals surface area (Å²) in [6.45, 7) is 0.136. The number of para-hydroxylation sites is 1. The Morgan fingerprint density at radius 2 is 1.66 bits per heavy atom. The fourth-order valence-corrected chi connectivity index (χ4v) is 4.73. The largest absolute Gasteiger partial charge is 0.496 e. The summed E-state index contributed by atoms with van der Waals surface area (Å²) >= 11 is 1.44. The van der Waals surface area contributed by atoms with E-state index in [9.17, 15) is 9.59 Å². The van der Waals surface area contributed by atoms with Gasteiger partial charge in [0.05, 0.1) is 19.2 Å². The third-order valence-corrected chi connectivity index (χ3v) is 6.39. The van der Waals surface area contributed by atoms with Crippen LogP contribution >= 0.6 is 11.3 Å². The van der Waals surface area contributed by atoms with Crippen LogP contribution in [0.15, 0.2) is 89.9 Å². The van der Waals surface area contributed by atoms with Crippen LogP contribution in [0.1, 0.15) is 10.4 Å². The van der Waals surface area contributed by atoms with Crippen molar-refractivity contribution in [3.05, 3.63) is 100 Å². The minimum absolute atomic E-state index is 0.136. The number of nitrogens with zero attached hydrogens (tertiary/aromatic N) is 1. The van der Waals surface area contributed by atoms with Gasteiger partial charge in [0.25, 0.3) is 11.8 Å². The molecule has 1 aliphatic heterocycles. The molecule has 2 heterocycles. The van der Waals surface area contributed by atoms with Gasteiger partial charge >= 0.3 is 0 Å². The Morgan fingerprint density at radius 1 is 0.875 bits per heavy atom. The van der Waals surface area contributed by atoms with Gasteiger partial charge in [-0.2, -0.15) is 0 Å². The number of carbonyl (C=O) groups is 2. The Labute approximate surface area is 189 Å². The van der Waals surface area contributed by atoms with Crippen molar-refractivity contribution >= 4 is 45.2 Å². The zero-order valence-electron chi connectivity index (χ0n) is 17.4. The van der Waals surface area contributed by atoms with Gasteiger partial charge in [-0.15, -0.1) is 11.3 Å². The van der Waals surface area contributed by atoms with Gasteiger partial charge in [0.2, 0.25) is 0 Å². The summed E-state index contributed by atoms with van der Waals surface area (Å²) < 4.78 is 5.42. The van der Waals surface area contributed by atoms with Gasteiger partial charge in [0, 0.05) is 21.5 Å². The van der Waals surface area contributed by atoms with Crippen molar-refractivity contribution in [3.8, 4) is 5.75 Å². The summed E-state index contributed by atoms with van der Waals surface area (Å²) in [5, 5.41) is 7.23. The Morgan fingerprint density at radius 3 is 2.47 bits per heavy atom. The molecule has 0 spiro atoms. The van der Waals surface area contributed by atoms with E-state index in [1.807, 2.05) is 84.2 Å². The van der Waals surface area contributed by atoms with Crippen LogP contribution in [0.2, 0.25) is 0 Å². The normalized spacial score (nSPS) is 13.8. The number of fused-ring (bicyclic) bond motifs is 1. The minimum atomic E-state index is -0.350. The number of benzene rings is 3. The maximum Gasteiger partial charge on any atom is 0.278 e. The molecule has 0 saturated heterocycles. The van der Waals surface area contributed by atoms with Crippen molar-refractivity contribution in [1.29, 1.82) is 0 Å². The topological polar surface area (TPSA) is 58.6 Å². The first-order valence-corrected chi connectivity index (χ1v) is 11.1. The van der Waals surface area contributed by atoms with Gasteiger partial charge in [0.15, 0.2) is 0 Å². The van der Waals surface area contributed by atoms with Gasteiger partial charge in [-0.3, -0.25) is 14.5 Å². The Kier molecular flexibility index (Phi) is 5.21. The molecule has 1 aliphatic rings. The molecule has 4 aromatic rings. The highest BCUT2D eigenvalue weighted by molar-refractivity contribution is 7.11. The number of rotatable bonds is 6. The van der Waals surface area contributed by atoms with Crippen LogP contribution in [-0.2, 0) is 16.1 Å². The van der Waals surface area contributed by atoms with Crippen molar-refractivity contribution in [2.45, 2.75) is 6.54 Å². The van der Waals surface area contributed by atoms with E-state index in [0.29, 0.717) is 17.0 Å². The van der Waals surface area contributed by atoms with Crippen LogP contribution < -0.4 is 10.1 Å². The molecule has 0 atom stereocenters. The van der Waals surface area contributed by atoms with Crippen LogP contribution in [0.25, 0.3) is 16.3 Å². The SMILES string of the molecule is COc1ccccc1CN1C(=O)C(Nc2cccc3ccccc23)=C(c2cccs2)C1=O. The van der Waals surface area contributed by atoms with Crippen molar-refractivity contribution in [2.75, 3.05) is 12.4 Å². The number of hydrogen-bond donors (Lipinski definition) is 1. The molecule has 1 N–H and O–H groups in total. The van der Waals surface area contributed by atoms with Crippen molar-refractivity contribution < 1.29 is 14.3 Å². The average Bonchev–Trinajstić information content (AvgIpc) is 3.43. The maximum atomic E-state index is 13.5. The van der Waals surface area contributed by atoms with Gasteiger partial charge < -0.3 is 10.1 Å². The van der Waals surface area contributed by atoms with E-state index < -0.39 is 0 Å². The van der Waals surface area contributed by atoms with Crippen molar-refractivity contribution in [2.24, 2.45) is 0 Å². The highest BCUT2D eigenvalue weighted by atomic mass is 32.1. The third kappa shape index (κ3) is 3.44. The lowest BCUT2D eigenvalue weighted by molar-refractivity contribution is -0.137. The number of imide groups is 1. The van der Waals surface area contributed by atoms with E-state index in [2.05, 4.69) is 5.32 Å². The Balaban J connectivity index is 1.57. The van der Waals surface area contributed by atoms with Crippen LogP contribution in [0.5, 0.6) is 5.75 Å². The molecular weight excluding hydrogens is 420 g/mol. The number of hydrogen-bond acceptors (Lipinski definition) is 5. The van der Waals surface area contributed by atoms with Gasteiger partial charge in [-0.1, -0.05) is 60.7 Å². The molecule has 5 rings (SSSR count). The fraction of sp³-hybridized carbons (Fsp3) is 0.0769. The lowest BCUT2D eigenvalue weighted by Gasteiger charge is -2.17. The van der Waals surface area contributed by atoms with E-state index >= 15 is 0 Å². The number of thiophene rings is 1. The van der Waals surface area contributed by atoms with Gasteiger partial charge in [0.1, 0.15) is 11.4 Å². The first-order valence-electron chi connectivity index (χ1n) is 10.2. The molecule has 0 radical (unpaired) electrons. The average molecular weight is 441 g/mol.